The summed E-state index contributed by atoms with van der Waals surface area (Å²) in [5.74, 6) is 0.836. The lowest BCUT2D eigenvalue weighted by Crippen LogP contribution is -1.97. The summed E-state index contributed by atoms with van der Waals surface area (Å²) in [6.07, 6.45) is 2.34. The van der Waals surface area contributed by atoms with Gasteiger partial charge in [0.15, 0.2) is 0 Å². The third-order valence-corrected chi connectivity index (χ3v) is 5.04. The standard InChI is InChI=1S/C24H18N2O/c1-25-21-14-15-27-23(21)16-17-8-7-12-20-19-11-5-6-13-22(19)26(24(17)20)18-9-3-2-4-10-18/h2-15H,1,16H2. The van der Waals surface area contributed by atoms with Gasteiger partial charge in [0.1, 0.15) is 11.4 Å². The van der Waals surface area contributed by atoms with E-state index in [1.54, 1.807) is 6.26 Å². The quantitative estimate of drug-likeness (QED) is 0.350. The second kappa shape index (κ2) is 6.29. The summed E-state index contributed by atoms with van der Waals surface area (Å²) in [6.45, 7) is 3.65. The zero-order valence-corrected chi connectivity index (χ0v) is 14.8. The second-order valence-corrected chi connectivity index (χ2v) is 6.57. The monoisotopic (exact) mass is 350 g/mol. The highest BCUT2D eigenvalue weighted by molar-refractivity contribution is 6.10. The molecule has 0 bridgehead atoms. The van der Waals surface area contributed by atoms with Gasteiger partial charge in [-0.05, 0) is 30.5 Å². The Balaban J connectivity index is 1.84. The number of fused-ring (bicyclic) bond motifs is 3. The van der Waals surface area contributed by atoms with Gasteiger partial charge in [-0.1, -0.05) is 54.6 Å². The molecule has 130 valence electrons. The smallest absolute Gasteiger partial charge is 0.133 e. The van der Waals surface area contributed by atoms with E-state index in [2.05, 4.69) is 83.0 Å². The van der Waals surface area contributed by atoms with Crippen LogP contribution in [0.1, 0.15) is 11.3 Å². The average Bonchev–Trinajstić information content (AvgIpc) is 3.31. The van der Waals surface area contributed by atoms with Gasteiger partial charge in [-0.25, -0.2) is 0 Å². The fourth-order valence-electron chi connectivity index (χ4n) is 3.86. The maximum atomic E-state index is 5.69. The van der Waals surface area contributed by atoms with E-state index in [-0.39, 0.29) is 0 Å². The number of aromatic nitrogens is 1. The lowest BCUT2D eigenvalue weighted by atomic mass is 10.0. The fourth-order valence-corrected chi connectivity index (χ4v) is 3.86. The molecule has 3 nitrogen and oxygen atoms in total. The Kier molecular flexibility index (Phi) is 3.65. The maximum Gasteiger partial charge on any atom is 0.133 e. The predicted octanol–water partition coefficient (Wildman–Crippen LogP) is 6.30. The summed E-state index contributed by atoms with van der Waals surface area (Å²) < 4.78 is 8.02. The van der Waals surface area contributed by atoms with Crippen molar-refractivity contribution in [3.8, 4) is 5.69 Å². The molecule has 0 fully saturated rings. The first-order chi connectivity index (χ1) is 13.4. The number of rotatable bonds is 4. The van der Waals surface area contributed by atoms with Gasteiger partial charge in [0.2, 0.25) is 0 Å². The molecule has 2 heterocycles. The van der Waals surface area contributed by atoms with Gasteiger partial charge in [-0.15, -0.1) is 0 Å². The van der Waals surface area contributed by atoms with Crippen molar-refractivity contribution in [2.45, 2.75) is 6.42 Å². The molecule has 0 aliphatic carbocycles. The van der Waals surface area contributed by atoms with E-state index in [0.717, 1.165) is 17.1 Å². The molecule has 3 aromatic carbocycles. The van der Waals surface area contributed by atoms with Crippen LogP contribution in [-0.2, 0) is 6.42 Å². The van der Waals surface area contributed by atoms with Crippen LogP contribution in [0.25, 0.3) is 27.5 Å². The van der Waals surface area contributed by atoms with Crippen LogP contribution < -0.4 is 0 Å². The highest BCUT2D eigenvalue weighted by Crippen LogP contribution is 2.35. The van der Waals surface area contributed by atoms with Crippen LogP contribution in [0, 0.1) is 0 Å². The molecule has 5 aromatic rings. The van der Waals surface area contributed by atoms with Crippen LogP contribution in [0.3, 0.4) is 0 Å². The Labute approximate surface area is 157 Å². The highest BCUT2D eigenvalue weighted by atomic mass is 16.3. The van der Waals surface area contributed by atoms with Crippen LogP contribution >= 0.6 is 0 Å². The Morgan fingerprint density at radius 3 is 2.44 bits per heavy atom. The minimum Gasteiger partial charge on any atom is -0.467 e. The molecule has 0 aliphatic heterocycles. The summed E-state index contributed by atoms with van der Waals surface area (Å²) in [7, 11) is 0. The zero-order chi connectivity index (χ0) is 18.2. The molecule has 0 N–H and O–H groups in total. The second-order valence-electron chi connectivity index (χ2n) is 6.57. The first-order valence-electron chi connectivity index (χ1n) is 8.96. The zero-order valence-electron chi connectivity index (χ0n) is 14.8. The Morgan fingerprint density at radius 1 is 0.815 bits per heavy atom. The number of hydrogen-bond donors (Lipinski definition) is 0. The van der Waals surface area contributed by atoms with Crippen molar-refractivity contribution in [3.05, 3.63) is 96.4 Å². The van der Waals surface area contributed by atoms with Crippen LogP contribution in [-0.4, -0.2) is 11.3 Å². The van der Waals surface area contributed by atoms with Gasteiger partial charge >= 0.3 is 0 Å². The van der Waals surface area contributed by atoms with Gasteiger partial charge in [0.05, 0.1) is 17.3 Å². The number of para-hydroxylation sites is 3. The maximum absolute atomic E-state index is 5.69. The molecule has 0 aliphatic rings. The van der Waals surface area contributed by atoms with Crippen molar-refractivity contribution in [3.63, 3.8) is 0 Å². The van der Waals surface area contributed by atoms with E-state index in [0.29, 0.717) is 6.42 Å². The van der Waals surface area contributed by atoms with Crippen molar-refractivity contribution in [1.82, 2.24) is 4.57 Å². The third-order valence-electron chi connectivity index (χ3n) is 5.04. The van der Waals surface area contributed by atoms with Crippen molar-refractivity contribution in [1.29, 1.82) is 0 Å². The highest BCUT2D eigenvalue weighted by Gasteiger charge is 2.16. The molecule has 2 aromatic heterocycles. The molecular formula is C24H18N2O. The number of hydrogen-bond acceptors (Lipinski definition) is 2. The molecule has 0 radical (unpaired) electrons. The average molecular weight is 350 g/mol. The molecule has 0 saturated heterocycles. The van der Waals surface area contributed by atoms with Gasteiger partial charge in [0, 0.05) is 28.9 Å². The molecule has 0 saturated carbocycles. The minimum atomic E-state index is 0.669. The first-order valence-corrected chi connectivity index (χ1v) is 8.96. The summed E-state index contributed by atoms with van der Waals surface area (Å²) in [6, 6.07) is 27.4. The summed E-state index contributed by atoms with van der Waals surface area (Å²) in [5, 5.41) is 2.49. The van der Waals surface area contributed by atoms with E-state index >= 15 is 0 Å². The van der Waals surface area contributed by atoms with Gasteiger partial charge in [0.25, 0.3) is 0 Å². The molecule has 0 unspecified atom stereocenters. The van der Waals surface area contributed by atoms with Crippen molar-refractivity contribution < 1.29 is 4.42 Å². The van der Waals surface area contributed by atoms with E-state index in [1.165, 1.54) is 27.4 Å². The van der Waals surface area contributed by atoms with Crippen LogP contribution in [0.15, 0.2) is 94.5 Å². The predicted molar refractivity (Wildman–Crippen MR) is 112 cm³/mol. The summed E-state index contributed by atoms with van der Waals surface area (Å²) in [5.41, 5.74) is 5.56. The first kappa shape index (κ1) is 15.6. The number of benzene rings is 3. The minimum absolute atomic E-state index is 0.669. The van der Waals surface area contributed by atoms with E-state index in [1.807, 2.05) is 12.1 Å². The van der Waals surface area contributed by atoms with Crippen molar-refractivity contribution >= 4 is 34.2 Å². The van der Waals surface area contributed by atoms with E-state index in [9.17, 15) is 0 Å². The molecular weight excluding hydrogens is 332 g/mol. The van der Waals surface area contributed by atoms with Gasteiger partial charge in [-0.2, -0.15) is 0 Å². The number of furan rings is 1. The van der Waals surface area contributed by atoms with Crippen LogP contribution in [0.2, 0.25) is 0 Å². The molecule has 5 rings (SSSR count). The Morgan fingerprint density at radius 2 is 1.59 bits per heavy atom. The fraction of sp³-hybridized carbons (Fsp3) is 0.0417. The van der Waals surface area contributed by atoms with Gasteiger partial charge < -0.3 is 8.98 Å². The number of aliphatic imine (C=N–C) groups is 1. The normalized spacial score (nSPS) is 11.3. The Bertz CT molecular complexity index is 1260. The Hall–Kier alpha value is -3.59. The van der Waals surface area contributed by atoms with E-state index < -0.39 is 0 Å². The lowest BCUT2D eigenvalue weighted by Gasteiger charge is -2.11. The van der Waals surface area contributed by atoms with Crippen molar-refractivity contribution in [2.75, 3.05) is 0 Å². The largest absolute Gasteiger partial charge is 0.467 e. The lowest BCUT2D eigenvalue weighted by molar-refractivity contribution is 0.522. The topological polar surface area (TPSA) is 30.4 Å². The number of nitrogens with zero attached hydrogens (tertiary/aromatic N) is 2. The molecule has 0 spiro atoms. The van der Waals surface area contributed by atoms with Gasteiger partial charge in [-0.3, -0.25) is 4.99 Å². The molecule has 0 amide bonds. The SMILES string of the molecule is C=Nc1ccoc1Cc1cccc2c3ccccc3n(-c3ccccc3)c12. The van der Waals surface area contributed by atoms with Crippen LogP contribution in [0.5, 0.6) is 0 Å². The molecule has 3 heteroatoms. The molecule has 27 heavy (non-hydrogen) atoms. The third kappa shape index (κ3) is 2.48. The van der Waals surface area contributed by atoms with E-state index in [4.69, 9.17) is 4.42 Å². The summed E-state index contributed by atoms with van der Waals surface area (Å²) >= 11 is 0. The molecule has 0 atom stereocenters. The van der Waals surface area contributed by atoms with Crippen molar-refractivity contribution in [2.24, 2.45) is 4.99 Å². The van der Waals surface area contributed by atoms with Crippen LogP contribution in [0.4, 0.5) is 5.69 Å². The summed E-state index contributed by atoms with van der Waals surface area (Å²) in [4.78, 5) is 4.08.